The van der Waals surface area contributed by atoms with Crippen molar-refractivity contribution in [2.24, 2.45) is 0 Å². The molecule has 0 amide bonds. The van der Waals surface area contributed by atoms with Crippen LogP contribution in [0.3, 0.4) is 0 Å². The molecule has 0 saturated carbocycles. The first-order valence-electron chi connectivity index (χ1n) is 7.53. The Kier molecular flexibility index (Phi) is 3.13. The number of benzene rings is 1. The highest BCUT2D eigenvalue weighted by Gasteiger charge is 2.31. The second-order valence-corrected chi connectivity index (χ2v) is 7.00. The zero-order valence-corrected chi connectivity index (χ0v) is 12.8. The lowest BCUT2D eigenvalue weighted by atomic mass is 9.76. The maximum Gasteiger partial charge on any atom is 0.185 e. The molecule has 0 bridgehead atoms. The highest BCUT2D eigenvalue weighted by Crippen LogP contribution is 2.41. The summed E-state index contributed by atoms with van der Waals surface area (Å²) in [5.74, 6) is 0. The minimum absolute atomic E-state index is 0.328. The fraction of sp³-hybridized carbons (Fsp3) is 0.625. The summed E-state index contributed by atoms with van der Waals surface area (Å²) in [6, 6.07) is 4.99. The Morgan fingerprint density at radius 1 is 1.05 bits per heavy atom. The Morgan fingerprint density at radius 3 is 2.37 bits per heavy atom. The number of rotatable bonds is 0. The molecule has 0 aromatic heterocycles. The van der Waals surface area contributed by atoms with Gasteiger partial charge >= 0.3 is 0 Å². The van der Waals surface area contributed by atoms with E-state index in [1.54, 1.807) is 16.7 Å². The minimum atomic E-state index is 0.328. The standard InChI is InChI=1S/C16H25BN2/c1-16(2)6-9-18(3)15-11-13-5-8-19(17)7-4-12(13)10-14(15)16/h10-11H,4-9,17H2,1-3H3. The quantitative estimate of drug-likeness (QED) is 0.652. The van der Waals surface area contributed by atoms with Crippen molar-refractivity contribution in [3.05, 3.63) is 28.8 Å². The van der Waals surface area contributed by atoms with E-state index in [4.69, 9.17) is 0 Å². The summed E-state index contributed by atoms with van der Waals surface area (Å²) < 4.78 is 0. The van der Waals surface area contributed by atoms with Gasteiger partial charge in [-0.05, 0) is 60.5 Å². The fourth-order valence-corrected chi connectivity index (χ4v) is 3.44. The fourth-order valence-electron chi connectivity index (χ4n) is 3.44. The van der Waals surface area contributed by atoms with Gasteiger partial charge in [-0.15, -0.1) is 0 Å². The van der Waals surface area contributed by atoms with Gasteiger partial charge in [0.2, 0.25) is 0 Å². The van der Waals surface area contributed by atoms with Crippen molar-refractivity contribution in [1.29, 1.82) is 0 Å². The molecular formula is C16H25BN2. The third-order valence-electron chi connectivity index (χ3n) is 5.06. The van der Waals surface area contributed by atoms with Crippen molar-refractivity contribution in [3.63, 3.8) is 0 Å². The summed E-state index contributed by atoms with van der Waals surface area (Å²) in [6.45, 7) is 8.36. The highest BCUT2D eigenvalue weighted by atomic mass is 15.1. The highest BCUT2D eigenvalue weighted by molar-refractivity contribution is 6.04. The second-order valence-electron chi connectivity index (χ2n) is 7.00. The first-order valence-corrected chi connectivity index (χ1v) is 7.53. The lowest BCUT2D eigenvalue weighted by Crippen LogP contribution is -2.35. The van der Waals surface area contributed by atoms with Crippen LogP contribution in [0.25, 0.3) is 0 Å². The van der Waals surface area contributed by atoms with Gasteiger partial charge in [0.1, 0.15) is 0 Å². The number of hydrogen-bond acceptors (Lipinski definition) is 2. The van der Waals surface area contributed by atoms with E-state index in [1.165, 1.54) is 44.6 Å². The summed E-state index contributed by atoms with van der Waals surface area (Å²) in [6.07, 6.45) is 3.67. The smallest absolute Gasteiger partial charge is 0.185 e. The lowest BCUT2D eigenvalue weighted by molar-refractivity contribution is 0.461. The Bertz CT molecular complexity index is 496. The SMILES string of the molecule is BN1CCc2cc3c(cc2CC1)C(C)(C)CCN3C. The van der Waals surface area contributed by atoms with Gasteiger partial charge in [0, 0.05) is 19.3 Å². The first-order chi connectivity index (χ1) is 8.97. The molecule has 19 heavy (non-hydrogen) atoms. The van der Waals surface area contributed by atoms with Crippen LogP contribution in [0.1, 0.15) is 37.0 Å². The maximum atomic E-state index is 2.51. The van der Waals surface area contributed by atoms with Crippen LogP contribution < -0.4 is 4.90 Å². The molecule has 0 saturated heterocycles. The molecule has 3 heteroatoms. The molecule has 2 aliphatic rings. The van der Waals surface area contributed by atoms with Crippen molar-refractivity contribution >= 4 is 13.7 Å². The van der Waals surface area contributed by atoms with Crippen LogP contribution in [0.2, 0.25) is 0 Å². The molecule has 1 aromatic carbocycles. The molecule has 1 aromatic rings. The number of nitrogens with zero attached hydrogens (tertiary/aromatic N) is 2. The molecule has 102 valence electrons. The van der Waals surface area contributed by atoms with E-state index >= 15 is 0 Å². The van der Waals surface area contributed by atoms with E-state index in [0.717, 1.165) is 0 Å². The van der Waals surface area contributed by atoms with Crippen molar-refractivity contribution in [2.45, 2.75) is 38.5 Å². The predicted octanol–water partition coefficient (Wildman–Crippen LogP) is 1.75. The third-order valence-corrected chi connectivity index (χ3v) is 5.06. The summed E-state index contributed by atoms with van der Waals surface area (Å²) in [5.41, 5.74) is 6.53. The zero-order chi connectivity index (χ0) is 13.6. The Morgan fingerprint density at radius 2 is 1.68 bits per heavy atom. The van der Waals surface area contributed by atoms with Crippen LogP contribution in [0.15, 0.2) is 12.1 Å². The average molecular weight is 256 g/mol. The van der Waals surface area contributed by atoms with Crippen LogP contribution in [0.5, 0.6) is 0 Å². The van der Waals surface area contributed by atoms with Gasteiger partial charge in [-0.3, -0.25) is 0 Å². The van der Waals surface area contributed by atoms with Crippen molar-refractivity contribution in [1.82, 2.24) is 4.81 Å². The topological polar surface area (TPSA) is 6.48 Å². The lowest BCUT2D eigenvalue weighted by Gasteiger charge is -2.39. The van der Waals surface area contributed by atoms with Gasteiger partial charge in [-0.1, -0.05) is 19.9 Å². The van der Waals surface area contributed by atoms with Crippen molar-refractivity contribution in [2.75, 3.05) is 31.6 Å². The van der Waals surface area contributed by atoms with Crippen LogP contribution in [-0.2, 0) is 18.3 Å². The van der Waals surface area contributed by atoms with Crippen LogP contribution in [0, 0.1) is 0 Å². The Balaban J connectivity index is 2.08. The molecule has 0 fully saturated rings. The van der Waals surface area contributed by atoms with Gasteiger partial charge in [0.25, 0.3) is 0 Å². The monoisotopic (exact) mass is 256 g/mol. The van der Waals surface area contributed by atoms with Gasteiger partial charge in [0.15, 0.2) is 7.98 Å². The molecule has 0 atom stereocenters. The van der Waals surface area contributed by atoms with E-state index in [0.29, 0.717) is 5.41 Å². The molecule has 0 spiro atoms. The Labute approximate surface area is 118 Å². The molecule has 3 rings (SSSR count). The van der Waals surface area contributed by atoms with Gasteiger partial charge < -0.3 is 9.71 Å². The number of anilines is 1. The average Bonchev–Trinajstić information content (AvgIpc) is 2.56. The molecular weight excluding hydrogens is 231 g/mol. The van der Waals surface area contributed by atoms with E-state index in [2.05, 4.69) is 50.7 Å². The number of fused-ring (bicyclic) bond motifs is 2. The molecule has 0 N–H and O–H groups in total. The van der Waals surface area contributed by atoms with Crippen LogP contribution >= 0.6 is 0 Å². The van der Waals surface area contributed by atoms with Gasteiger partial charge in [-0.25, -0.2) is 0 Å². The van der Waals surface area contributed by atoms with Crippen molar-refractivity contribution < 1.29 is 0 Å². The van der Waals surface area contributed by atoms with Crippen LogP contribution in [-0.4, -0.2) is 39.5 Å². The first kappa shape index (κ1) is 13.0. The van der Waals surface area contributed by atoms with E-state index < -0.39 is 0 Å². The maximum absolute atomic E-state index is 2.51. The normalized spacial score (nSPS) is 22.6. The summed E-state index contributed by atoms with van der Waals surface area (Å²) in [4.78, 5) is 4.89. The molecule has 2 aliphatic heterocycles. The third kappa shape index (κ3) is 2.29. The van der Waals surface area contributed by atoms with E-state index in [-0.39, 0.29) is 0 Å². The van der Waals surface area contributed by atoms with Gasteiger partial charge in [0.05, 0.1) is 0 Å². The van der Waals surface area contributed by atoms with E-state index in [9.17, 15) is 0 Å². The number of hydrogen-bond donors (Lipinski definition) is 0. The molecule has 0 radical (unpaired) electrons. The second kappa shape index (κ2) is 4.55. The molecule has 2 heterocycles. The van der Waals surface area contributed by atoms with Crippen LogP contribution in [0.4, 0.5) is 5.69 Å². The molecule has 2 nitrogen and oxygen atoms in total. The predicted molar refractivity (Wildman–Crippen MR) is 84.9 cm³/mol. The zero-order valence-electron chi connectivity index (χ0n) is 12.8. The summed E-state index contributed by atoms with van der Waals surface area (Å²) in [7, 11) is 4.48. The molecule has 0 aliphatic carbocycles. The summed E-state index contributed by atoms with van der Waals surface area (Å²) in [5, 5.41) is 0. The van der Waals surface area contributed by atoms with E-state index in [1.807, 2.05) is 0 Å². The van der Waals surface area contributed by atoms with Crippen molar-refractivity contribution in [3.8, 4) is 0 Å². The summed E-state index contributed by atoms with van der Waals surface area (Å²) >= 11 is 0. The largest absolute Gasteiger partial charge is 0.374 e. The minimum Gasteiger partial charge on any atom is -0.374 e. The molecule has 0 unspecified atom stereocenters. The van der Waals surface area contributed by atoms with Gasteiger partial charge in [-0.2, -0.15) is 0 Å². The Hall–Kier alpha value is -0.955.